The number of rotatable bonds is 8. The lowest BCUT2D eigenvalue weighted by Gasteiger charge is -2.19. The summed E-state index contributed by atoms with van der Waals surface area (Å²) in [5.74, 6) is -0.893. The standard InChI is InChI=1S/C28H25BrN2O4S/c1-3-18-9-5-7-11-22(18)30-28-31(23-12-8-6-10-19(23)4-2)27(34)25(36-28)16-20-15-21(29)13-14-24(20)35-17-26(32)33/h5-16H,3-4,17H2,1-2H3,(H,32,33)/b25-16+,30-28?. The summed E-state index contributed by atoms with van der Waals surface area (Å²) in [6.45, 7) is 3.66. The molecule has 3 aromatic carbocycles. The molecule has 1 aliphatic heterocycles. The van der Waals surface area contributed by atoms with Crippen molar-refractivity contribution in [3.63, 3.8) is 0 Å². The van der Waals surface area contributed by atoms with Gasteiger partial charge in [0.05, 0.1) is 16.3 Å². The van der Waals surface area contributed by atoms with Gasteiger partial charge < -0.3 is 9.84 Å². The minimum atomic E-state index is -1.07. The first-order valence-electron chi connectivity index (χ1n) is 11.5. The second kappa shape index (κ2) is 11.6. The molecule has 1 amide bonds. The SMILES string of the molecule is CCc1ccccc1N=C1S/C(=C/c2cc(Br)ccc2OCC(=O)O)C(=O)N1c1ccccc1CC. The van der Waals surface area contributed by atoms with Crippen molar-refractivity contribution in [2.75, 3.05) is 11.5 Å². The number of aliphatic imine (C=N–C) groups is 1. The number of carbonyl (C=O) groups is 2. The van der Waals surface area contributed by atoms with Crippen molar-refractivity contribution in [1.82, 2.24) is 0 Å². The van der Waals surface area contributed by atoms with Crippen LogP contribution < -0.4 is 9.64 Å². The van der Waals surface area contributed by atoms with Crippen molar-refractivity contribution in [3.8, 4) is 5.75 Å². The zero-order valence-electron chi connectivity index (χ0n) is 19.9. The third-order valence-corrected chi connectivity index (χ3v) is 7.08. The molecule has 0 bridgehead atoms. The average molecular weight is 565 g/mol. The average Bonchev–Trinajstić information content (AvgIpc) is 3.17. The molecule has 0 aromatic heterocycles. The van der Waals surface area contributed by atoms with E-state index in [0.29, 0.717) is 21.4 Å². The number of nitrogens with zero attached hydrogens (tertiary/aromatic N) is 2. The molecule has 1 heterocycles. The Hall–Kier alpha value is -3.36. The van der Waals surface area contributed by atoms with Crippen LogP contribution >= 0.6 is 27.7 Å². The Morgan fingerprint density at radius 3 is 2.47 bits per heavy atom. The van der Waals surface area contributed by atoms with E-state index in [1.54, 1.807) is 29.2 Å². The summed E-state index contributed by atoms with van der Waals surface area (Å²) in [6, 6.07) is 21.0. The molecule has 1 N–H and O–H groups in total. The van der Waals surface area contributed by atoms with Gasteiger partial charge in [-0.1, -0.05) is 66.2 Å². The van der Waals surface area contributed by atoms with Gasteiger partial charge in [-0.2, -0.15) is 0 Å². The number of para-hydroxylation sites is 2. The van der Waals surface area contributed by atoms with Crippen LogP contribution in [0.1, 0.15) is 30.5 Å². The fourth-order valence-corrected chi connectivity index (χ4v) is 5.21. The number of aliphatic carboxylic acids is 1. The highest BCUT2D eigenvalue weighted by molar-refractivity contribution is 9.10. The second-order valence-corrected chi connectivity index (χ2v) is 9.90. The van der Waals surface area contributed by atoms with Gasteiger partial charge in [0, 0.05) is 10.0 Å². The molecule has 1 saturated heterocycles. The molecule has 0 atom stereocenters. The van der Waals surface area contributed by atoms with Gasteiger partial charge in [-0.3, -0.25) is 9.69 Å². The topological polar surface area (TPSA) is 79.2 Å². The van der Waals surface area contributed by atoms with Crippen molar-refractivity contribution >= 4 is 62.2 Å². The van der Waals surface area contributed by atoms with Crippen molar-refractivity contribution in [1.29, 1.82) is 0 Å². The van der Waals surface area contributed by atoms with E-state index in [0.717, 1.165) is 39.8 Å². The number of halogens is 1. The molecule has 0 spiro atoms. The van der Waals surface area contributed by atoms with Crippen LogP contribution in [0, 0.1) is 0 Å². The summed E-state index contributed by atoms with van der Waals surface area (Å²) >= 11 is 4.74. The van der Waals surface area contributed by atoms with Gasteiger partial charge in [0.1, 0.15) is 5.75 Å². The number of amides is 1. The number of thioether (sulfide) groups is 1. The fraction of sp³-hybridized carbons (Fsp3) is 0.179. The fourth-order valence-electron chi connectivity index (χ4n) is 3.86. The summed E-state index contributed by atoms with van der Waals surface area (Å²) in [4.78, 5) is 31.9. The number of ether oxygens (including phenoxy) is 1. The van der Waals surface area contributed by atoms with Crippen LogP contribution in [0.3, 0.4) is 0 Å². The Labute approximate surface area is 222 Å². The van der Waals surface area contributed by atoms with E-state index in [-0.39, 0.29) is 5.91 Å². The van der Waals surface area contributed by atoms with E-state index >= 15 is 0 Å². The third kappa shape index (κ3) is 5.71. The largest absolute Gasteiger partial charge is 0.481 e. The molecule has 0 aliphatic carbocycles. The molecule has 4 rings (SSSR count). The normalized spacial score (nSPS) is 15.6. The molecular weight excluding hydrogens is 540 g/mol. The zero-order chi connectivity index (χ0) is 25.7. The Morgan fingerprint density at radius 1 is 1.06 bits per heavy atom. The maximum absolute atomic E-state index is 13.8. The van der Waals surface area contributed by atoms with Gasteiger partial charge in [-0.05, 0) is 72.1 Å². The van der Waals surface area contributed by atoms with E-state index in [4.69, 9.17) is 14.8 Å². The van der Waals surface area contributed by atoms with Crippen LogP contribution in [0.4, 0.5) is 11.4 Å². The summed E-state index contributed by atoms with van der Waals surface area (Å²) in [5.41, 5.74) is 4.35. The number of benzene rings is 3. The highest BCUT2D eigenvalue weighted by atomic mass is 79.9. The molecule has 1 aliphatic rings. The van der Waals surface area contributed by atoms with Gasteiger partial charge in [0.25, 0.3) is 5.91 Å². The molecule has 0 saturated carbocycles. The Bertz CT molecular complexity index is 1370. The molecule has 6 nitrogen and oxygen atoms in total. The van der Waals surface area contributed by atoms with Crippen LogP contribution in [0.5, 0.6) is 5.75 Å². The number of carboxylic acid groups (broad SMARTS) is 1. The van der Waals surface area contributed by atoms with Crippen LogP contribution in [-0.4, -0.2) is 28.8 Å². The molecule has 1 fully saturated rings. The molecule has 0 unspecified atom stereocenters. The summed E-state index contributed by atoms with van der Waals surface area (Å²) in [7, 11) is 0. The van der Waals surface area contributed by atoms with Crippen molar-refractivity contribution < 1.29 is 19.4 Å². The molecule has 36 heavy (non-hydrogen) atoms. The van der Waals surface area contributed by atoms with Crippen LogP contribution in [0.15, 0.2) is 81.1 Å². The van der Waals surface area contributed by atoms with Crippen molar-refractivity contribution in [2.45, 2.75) is 26.7 Å². The predicted molar refractivity (Wildman–Crippen MR) is 149 cm³/mol. The number of hydrogen-bond acceptors (Lipinski definition) is 5. The molecule has 3 aromatic rings. The Balaban J connectivity index is 1.83. The quantitative estimate of drug-likeness (QED) is 0.303. The number of carbonyl (C=O) groups excluding carboxylic acids is 1. The molecule has 8 heteroatoms. The molecule has 0 radical (unpaired) electrons. The van der Waals surface area contributed by atoms with Gasteiger partial charge in [0.2, 0.25) is 0 Å². The van der Waals surface area contributed by atoms with E-state index in [1.807, 2.05) is 48.5 Å². The van der Waals surface area contributed by atoms with E-state index in [2.05, 4.69) is 29.8 Å². The van der Waals surface area contributed by atoms with Crippen LogP contribution in [-0.2, 0) is 22.4 Å². The number of amidine groups is 1. The van der Waals surface area contributed by atoms with Gasteiger partial charge in [0.15, 0.2) is 11.8 Å². The predicted octanol–water partition coefficient (Wildman–Crippen LogP) is 6.85. The zero-order valence-corrected chi connectivity index (χ0v) is 22.3. The minimum Gasteiger partial charge on any atom is -0.481 e. The first kappa shape index (κ1) is 25.7. The lowest BCUT2D eigenvalue weighted by atomic mass is 10.1. The Morgan fingerprint density at radius 2 is 1.75 bits per heavy atom. The summed E-state index contributed by atoms with van der Waals surface area (Å²) in [5, 5.41) is 9.61. The van der Waals surface area contributed by atoms with Crippen molar-refractivity contribution in [3.05, 3.63) is 92.8 Å². The molecular formula is C28H25BrN2O4S. The number of aryl methyl sites for hydroxylation is 2. The van der Waals surface area contributed by atoms with Crippen LogP contribution in [0.2, 0.25) is 0 Å². The van der Waals surface area contributed by atoms with Gasteiger partial charge in [-0.15, -0.1) is 0 Å². The first-order valence-corrected chi connectivity index (χ1v) is 13.1. The highest BCUT2D eigenvalue weighted by Gasteiger charge is 2.36. The van der Waals surface area contributed by atoms with Crippen LogP contribution in [0.25, 0.3) is 6.08 Å². The lowest BCUT2D eigenvalue weighted by molar-refractivity contribution is -0.139. The number of hydrogen-bond donors (Lipinski definition) is 1. The third-order valence-electron chi connectivity index (χ3n) is 5.62. The lowest BCUT2D eigenvalue weighted by Crippen LogP contribution is -2.29. The monoisotopic (exact) mass is 564 g/mol. The first-order chi connectivity index (χ1) is 17.4. The number of carboxylic acids is 1. The number of anilines is 1. The molecule has 184 valence electrons. The maximum atomic E-state index is 13.8. The minimum absolute atomic E-state index is 0.196. The van der Waals surface area contributed by atoms with Crippen molar-refractivity contribution in [2.24, 2.45) is 4.99 Å². The summed E-state index contributed by atoms with van der Waals surface area (Å²) < 4.78 is 6.25. The van der Waals surface area contributed by atoms with E-state index < -0.39 is 12.6 Å². The second-order valence-electron chi connectivity index (χ2n) is 7.97. The Kier molecular flexibility index (Phi) is 8.28. The van der Waals surface area contributed by atoms with E-state index in [9.17, 15) is 9.59 Å². The van der Waals surface area contributed by atoms with Gasteiger partial charge >= 0.3 is 5.97 Å². The highest BCUT2D eigenvalue weighted by Crippen LogP contribution is 2.40. The summed E-state index contributed by atoms with van der Waals surface area (Å²) in [6.07, 6.45) is 3.31. The van der Waals surface area contributed by atoms with Gasteiger partial charge in [-0.25, -0.2) is 9.79 Å². The maximum Gasteiger partial charge on any atom is 0.341 e. The smallest absolute Gasteiger partial charge is 0.341 e. The van der Waals surface area contributed by atoms with E-state index in [1.165, 1.54) is 11.8 Å².